The van der Waals surface area contributed by atoms with E-state index in [4.69, 9.17) is 4.74 Å². The van der Waals surface area contributed by atoms with E-state index >= 15 is 0 Å². The van der Waals surface area contributed by atoms with E-state index in [2.05, 4.69) is 9.82 Å². The number of nitrogens with one attached hydrogen (secondary N) is 1. The van der Waals surface area contributed by atoms with E-state index in [0.29, 0.717) is 6.54 Å². The maximum atomic E-state index is 12.8. The summed E-state index contributed by atoms with van der Waals surface area (Å²) in [4.78, 5) is 24.1. The minimum atomic E-state index is -4.09. The Kier molecular flexibility index (Phi) is 7.74. The largest absolute Gasteiger partial charge is 0.438 e. The molecule has 0 saturated heterocycles. The molecule has 31 heavy (non-hydrogen) atoms. The molecule has 0 unspecified atom stereocenters. The molecular weight excluding hydrogens is 426 g/mol. The van der Waals surface area contributed by atoms with Crippen molar-refractivity contribution >= 4 is 21.6 Å². The van der Waals surface area contributed by atoms with Crippen LogP contribution in [0.1, 0.15) is 37.7 Å². The van der Waals surface area contributed by atoms with Gasteiger partial charge in [-0.3, -0.25) is 14.9 Å². The maximum Gasteiger partial charge on any atom is 0.274 e. The average Bonchev–Trinajstić information content (AvgIpc) is 3.06. The highest BCUT2D eigenvalue weighted by Crippen LogP contribution is 2.32. The van der Waals surface area contributed by atoms with Crippen LogP contribution in [0.15, 0.2) is 29.2 Å². The molecular formula is C19H27N5O6S. The molecule has 12 heteroatoms. The number of nitrogens with zero attached hydrogens (tertiary/aromatic N) is 4. The minimum Gasteiger partial charge on any atom is -0.438 e. The van der Waals surface area contributed by atoms with Crippen molar-refractivity contribution in [2.75, 3.05) is 20.1 Å². The standard InChI is InChI=1S/C19H27N5O6S/c1-6-9-22(4)19(25)15-11-18(23(5)21-15)30-16-8-7-14(24(26)27)10-17(16)31(28,29)20-12-13(2)3/h7-8,10-11,13,20H,6,9,12H2,1-5H3. The van der Waals surface area contributed by atoms with Gasteiger partial charge in [0.25, 0.3) is 11.6 Å². The van der Waals surface area contributed by atoms with Gasteiger partial charge in [-0.25, -0.2) is 17.8 Å². The summed E-state index contributed by atoms with van der Waals surface area (Å²) in [6.45, 7) is 6.31. The summed E-state index contributed by atoms with van der Waals surface area (Å²) in [5, 5.41) is 15.3. The van der Waals surface area contributed by atoms with Crippen LogP contribution in [0.4, 0.5) is 5.69 Å². The normalized spacial score (nSPS) is 11.5. The molecule has 0 fully saturated rings. The van der Waals surface area contributed by atoms with Crippen molar-refractivity contribution in [3.63, 3.8) is 0 Å². The first kappa shape index (κ1) is 24.3. The molecule has 1 aromatic carbocycles. The summed E-state index contributed by atoms with van der Waals surface area (Å²) in [6.07, 6.45) is 0.784. The van der Waals surface area contributed by atoms with Gasteiger partial charge in [-0.05, 0) is 18.4 Å². The van der Waals surface area contributed by atoms with Crippen LogP contribution in [-0.2, 0) is 17.1 Å². The minimum absolute atomic E-state index is 0.0311. The molecule has 1 heterocycles. The van der Waals surface area contributed by atoms with E-state index < -0.39 is 14.9 Å². The van der Waals surface area contributed by atoms with Gasteiger partial charge in [-0.15, -0.1) is 0 Å². The number of rotatable bonds is 10. The van der Waals surface area contributed by atoms with Gasteiger partial charge in [0, 0.05) is 45.4 Å². The Bertz CT molecular complexity index is 1060. The number of aromatic nitrogens is 2. The zero-order chi connectivity index (χ0) is 23.3. The van der Waals surface area contributed by atoms with E-state index in [-0.39, 0.29) is 46.3 Å². The molecule has 2 aromatic rings. The molecule has 0 atom stereocenters. The SMILES string of the molecule is CCCN(C)C(=O)c1cc(Oc2ccc([N+](=O)[O-])cc2S(=O)(=O)NCC(C)C)n(C)n1. The summed E-state index contributed by atoms with van der Waals surface area (Å²) in [7, 11) is -0.890. The lowest BCUT2D eigenvalue weighted by molar-refractivity contribution is -0.385. The zero-order valence-electron chi connectivity index (χ0n) is 18.2. The highest BCUT2D eigenvalue weighted by Gasteiger charge is 2.25. The van der Waals surface area contributed by atoms with Gasteiger partial charge in [0.05, 0.1) is 4.92 Å². The van der Waals surface area contributed by atoms with Crippen molar-refractivity contribution < 1.29 is 22.9 Å². The first-order chi connectivity index (χ1) is 14.5. The molecule has 1 amide bonds. The Hall–Kier alpha value is -2.99. The van der Waals surface area contributed by atoms with Crippen LogP contribution in [-0.4, -0.2) is 54.1 Å². The highest BCUT2D eigenvalue weighted by atomic mass is 32.2. The predicted octanol–water partition coefficient (Wildman–Crippen LogP) is 2.54. The van der Waals surface area contributed by atoms with Crippen molar-refractivity contribution in [3.8, 4) is 11.6 Å². The number of carbonyl (C=O) groups is 1. The van der Waals surface area contributed by atoms with Gasteiger partial charge in [0.2, 0.25) is 15.9 Å². The van der Waals surface area contributed by atoms with E-state index in [9.17, 15) is 23.3 Å². The van der Waals surface area contributed by atoms with Crippen molar-refractivity contribution in [3.05, 3.63) is 40.1 Å². The lowest BCUT2D eigenvalue weighted by Gasteiger charge is -2.13. The molecule has 0 aliphatic rings. The predicted molar refractivity (Wildman–Crippen MR) is 114 cm³/mol. The fraction of sp³-hybridized carbons (Fsp3) is 0.474. The first-order valence-electron chi connectivity index (χ1n) is 9.71. The Morgan fingerprint density at radius 3 is 2.61 bits per heavy atom. The van der Waals surface area contributed by atoms with Gasteiger partial charge in [0.1, 0.15) is 10.6 Å². The summed E-state index contributed by atoms with van der Waals surface area (Å²) in [6, 6.07) is 4.69. The Balaban J connectivity index is 2.43. The van der Waals surface area contributed by atoms with E-state index in [1.807, 2.05) is 20.8 Å². The number of nitro groups is 1. The van der Waals surface area contributed by atoms with E-state index in [1.165, 1.54) is 21.7 Å². The molecule has 2 rings (SSSR count). The molecule has 0 aliphatic heterocycles. The molecule has 0 bridgehead atoms. The van der Waals surface area contributed by atoms with Crippen molar-refractivity contribution in [2.45, 2.75) is 32.1 Å². The first-order valence-corrected chi connectivity index (χ1v) is 11.2. The fourth-order valence-electron chi connectivity index (χ4n) is 2.65. The monoisotopic (exact) mass is 453 g/mol. The van der Waals surface area contributed by atoms with Crippen LogP contribution in [0, 0.1) is 16.0 Å². The fourth-order valence-corrected chi connectivity index (χ4v) is 4.01. The number of hydrogen-bond donors (Lipinski definition) is 1. The number of hydrogen-bond acceptors (Lipinski definition) is 7. The van der Waals surface area contributed by atoms with Crippen LogP contribution in [0.5, 0.6) is 11.6 Å². The van der Waals surface area contributed by atoms with Crippen LogP contribution in [0.3, 0.4) is 0 Å². The van der Waals surface area contributed by atoms with E-state index in [0.717, 1.165) is 18.6 Å². The van der Waals surface area contributed by atoms with Crippen LogP contribution in [0.25, 0.3) is 0 Å². The Morgan fingerprint density at radius 2 is 2.03 bits per heavy atom. The summed E-state index contributed by atoms with van der Waals surface area (Å²) in [5.41, 5.74) is -0.253. The number of non-ortho nitro benzene ring substituents is 1. The Labute approximate surface area is 181 Å². The number of sulfonamides is 1. The molecule has 0 aliphatic carbocycles. The molecule has 170 valence electrons. The maximum absolute atomic E-state index is 12.8. The average molecular weight is 454 g/mol. The number of carbonyl (C=O) groups excluding carboxylic acids is 1. The molecule has 0 saturated carbocycles. The quantitative estimate of drug-likeness (QED) is 0.431. The van der Waals surface area contributed by atoms with Crippen LogP contribution >= 0.6 is 0 Å². The molecule has 0 radical (unpaired) electrons. The second-order valence-electron chi connectivity index (χ2n) is 7.45. The van der Waals surface area contributed by atoms with Crippen molar-refractivity contribution in [1.82, 2.24) is 19.4 Å². The number of ether oxygens (including phenoxy) is 1. The van der Waals surface area contributed by atoms with Gasteiger partial charge < -0.3 is 9.64 Å². The number of nitro benzene ring substituents is 1. The molecule has 11 nitrogen and oxygen atoms in total. The number of aryl methyl sites for hydroxylation is 1. The smallest absolute Gasteiger partial charge is 0.274 e. The topological polar surface area (TPSA) is 137 Å². The second-order valence-corrected chi connectivity index (χ2v) is 9.19. The van der Waals surface area contributed by atoms with Gasteiger partial charge in [-0.1, -0.05) is 20.8 Å². The van der Waals surface area contributed by atoms with E-state index in [1.54, 1.807) is 14.1 Å². The second kappa shape index (κ2) is 9.88. The third kappa shape index (κ3) is 6.01. The molecule has 0 spiro atoms. The van der Waals surface area contributed by atoms with Crippen LogP contribution < -0.4 is 9.46 Å². The summed E-state index contributed by atoms with van der Waals surface area (Å²) < 4.78 is 35.0. The van der Waals surface area contributed by atoms with Gasteiger partial charge >= 0.3 is 0 Å². The van der Waals surface area contributed by atoms with Gasteiger partial charge in [0.15, 0.2) is 5.69 Å². The van der Waals surface area contributed by atoms with Crippen LogP contribution in [0.2, 0.25) is 0 Å². The highest BCUT2D eigenvalue weighted by molar-refractivity contribution is 7.89. The number of amides is 1. The Morgan fingerprint density at radius 1 is 1.35 bits per heavy atom. The van der Waals surface area contributed by atoms with Crippen molar-refractivity contribution in [2.24, 2.45) is 13.0 Å². The summed E-state index contributed by atoms with van der Waals surface area (Å²) >= 11 is 0. The lowest BCUT2D eigenvalue weighted by atomic mass is 10.2. The summed E-state index contributed by atoms with van der Waals surface area (Å²) in [5.74, 6) is -0.279. The molecule has 1 aromatic heterocycles. The molecule has 1 N–H and O–H groups in total. The van der Waals surface area contributed by atoms with Gasteiger partial charge in [-0.2, -0.15) is 5.10 Å². The lowest BCUT2D eigenvalue weighted by Crippen LogP contribution is -2.28. The third-order valence-electron chi connectivity index (χ3n) is 4.29. The third-order valence-corrected chi connectivity index (χ3v) is 5.73. The number of benzene rings is 1. The van der Waals surface area contributed by atoms with Crippen molar-refractivity contribution in [1.29, 1.82) is 0 Å². The zero-order valence-corrected chi connectivity index (χ0v) is 19.0.